The van der Waals surface area contributed by atoms with Crippen LogP contribution in [-0.2, 0) is 44.6 Å². The van der Waals surface area contributed by atoms with Crippen molar-refractivity contribution in [3.8, 4) is 0 Å². The Labute approximate surface area is 301 Å². The first-order valence-electron chi connectivity index (χ1n) is 18.0. The summed E-state index contributed by atoms with van der Waals surface area (Å²) in [6.45, 7) is 0.666. The van der Waals surface area contributed by atoms with Gasteiger partial charge in [0.05, 0.1) is 18.8 Å². The van der Waals surface area contributed by atoms with Crippen molar-refractivity contribution in [1.82, 2.24) is 5.32 Å². The number of benzene rings is 1. The summed E-state index contributed by atoms with van der Waals surface area (Å²) in [4.78, 5) is 24.9. The van der Waals surface area contributed by atoms with Gasteiger partial charge in [0.2, 0.25) is 0 Å². The number of alkyl carbamates (subject to hydrolysis) is 1. The molecule has 3 saturated heterocycles. The number of rotatable bonds is 14. The zero-order chi connectivity index (χ0) is 37.4. The number of aliphatic hydroxyl groups is 6. The molecule has 0 radical (unpaired) electrons. The fourth-order valence-corrected chi connectivity index (χ4v) is 7.20. The van der Waals surface area contributed by atoms with E-state index in [2.05, 4.69) is 5.32 Å². The maximum Gasteiger partial charge on any atom is 0.407 e. The van der Waals surface area contributed by atoms with Gasteiger partial charge in [0.15, 0.2) is 18.7 Å². The molecule has 3 heterocycles. The molecule has 1 amide bonds. The van der Waals surface area contributed by atoms with Crippen molar-refractivity contribution >= 4 is 12.1 Å². The van der Waals surface area contributed by atoms with Gasteiger partial charge in [-0.2, -0.15) is 0 Å². The molecule has 0 bridgehead atoms. The lowest BCUT2D eigenvalue weighted by atomic mass is 9.85. The SMILES string of the molecule is CC1OC(OC2C(CNC(=O)OCc3ccccc3)OCCC2OC2OC(CO)C(O)C(OC(CC3CCCCC3)C(=O)O)C2O)C(O)C(O)C1O. The van der Waals surface area contributed by atoms with E-state index in [1.165, 1.54) is 6.92 Å². The molecular weight excluding hydrogens is 690 g/mol. The van der Waals surface area contributed by atoms with E-state index in [-0.39, 0.29) is 38.5 Å². The molecule has 4 fully saturated rings. The normalized spacial score (nSPS) is 37.9. The number of carbonyl (C=O) groups excluding carboxylic acids is 1. The number of aliphatic carboxylic acids is 1. The lowest BCUT2D eigenvalue weighted by molar-refractivity contribution is -0.355. The van der Waals surface area contributed by atoms with Crippen molar-refractivity contribution in [1.29, 1.82) is 0 Å². The van der Waals surface area contributed by atoms with Crippen molar-refractivity contribution in [2.45, 2.75) is 144 Å². The maximum absolute atomic E-state index is 12.6. The zero-order valence-corrected chi connectivity index (χ0v) is 29.1. The first-order valence-corrected chi connectivity index (χ1v) is 18.0. The Balaban J connectivity index is 1.31. The highest BCUT2D eigenvalue weighted by atomic mass is 16.7. The van der Waals surface area contributed by atoms with Crippen LogP contribution in [-0.4, -0.2) is 153 Å². The van der Waals surface area contributed by atoms with Crippen molar-refractivity contribution in [3.05, 3.63) is 35.9 Å². The Morgan fingerprint density at radius 1 is 0.846 bits per heavy atom. The highest BCUT2D eigenvalue weighted by Crippen LogP contribution is 2.34. The summed E-state index contributed by atoms with van der Waals surface area (Å²) in [6.07, 6.45) is -15.2. The van der Waals surface area contributed by atoms with Gasteiger partial charge in [0.25, 0.3) is 0 Å². The average molecular weight is 744 g/mol. The number of carboxylic acids is 1. The van der Waals surface area contributed by atoms with Crippen LogP contribution in [0.15, 0.2) is 30.3 Å². The molecule has 1 aromatic rings. The summed E-state index contributed by atoms with van der Waals surface area (Å²) < 4.78 is 40.9. The van der Waals surface area contributed by atoms with Crippen LogP contribution in [0.5, 0.6) is 0 Å². The lowest BCUT2D eigenvalue weighted by Gasteiger charge is -2.47. The predicted octanol–water partition coefficient (Wildman–Crippen LogP) is -0.453. The Kier molecular flexibility index (Phi) is 15.0. The van der Waals surface area contributed by atoms with Gasteiger partial charge < -0.3 is 74.2 Å². The number of carboxylic acid groups (broad SMARTS) is 1. The average Bonchev–Trinajstić information content (AvgIpc) is 3.15. The summed E-state index contributed by atoms with van der Waals surface area (Å²) in [5, 5.41) is 76.5. The van der Waals surface area contributed by atoms with Gasteiger partial charge in [-0.05, 0) is 31.2 Å². The highest BCUT2D eigenvalue weighted by Gasteiger charge is 2.51. The molecule has 8 N–H and O–H groups in total. The van der Waals surface area contributed by atoms with Crippen LogP contribution in [0, 0.1) is 5.92 Å². The second-order valence-electron chi connectivity index (χ2n) is 14.0. The summed E-state index contributed by atoms with van der Waals surface area (Å²) >= 11 is 0. The molecule has 14 unspecified atom stereocenters. The van der Waals surface area contributed by atoms with Crippen LogP contribution < -0.4 is 5.32 Å². The number of amides is 1. The third-order valence-corrected chi connectivity index (χ3v) is 10.2. The summed E-state index contributed by atoms with van der Waals surface area (Å²) in [5.74, 6) is -1.15. The monoisotopic (exact) mass is 743 g/mol. The van der Waals surface area contributed by atoms with Crippen LogP contribution in [0.3, 0.4) is 0 Å². The van der Waals surface area contributed by atoms with Gasteiger partial charge in [0.1, 0.15) is 61.5 Å². The number of hydrogen-bond donors (Lipinski definition) is 8. The lowest BCUT2D eigenvalue weighted by Crippen LogP contribution is -2.64. The summed E-state index contributed by atoms with van der Waals surface area (Å²) in [6, 6.07) is 9.03. The second-order valence-corrected chi connectivity index (χ2v) is 14.0. The zero-order valence-electron chi connectivity index (χ0n) is 29.1. The minimum Gasteiger partial charge on any atom is -0.479 e. The van der Waals surface area contributed by atoms with Gasteiger partial charge in [-0.25, -0.2) is 9.59 Å². The van der Waals surface area contributed by atoms with Crippen LogP contribution >= 0.6 is 0 Å². The van der Waals surface area contributed by atoms with E-state index in [0.29, 0.717) is 0 Å². The largest absolute Gasteiger partial charge is 0.479 e. The number of carbonyl (C=O) groups is 2. The van der Waals surface area contributed by atoms with E-state index in [1.54, 1.807) is 24.3 Å². The van der Waals surface area contributed by atoms with Gasteiger partial charge in [-0.15, -0.1) is 0 Å². The molecule has 294 valence electrons. The Bertz CT molecular complexity index is 1250. The summed E-state index contributed by atoms with van der Waals surface area (Å²) in [7, 11) is 0. The standard InChI is InChI=1S/C35H53NO16/c1-18-25(38)27(40)28(41)33(48-18)52-30-21(12-13-46-23(30)15-36-35(45)47-17-20-10-6-3-7-11-20)50-34-29(42)31(26(39)24(16-37)51-34)49-22(32(43)44)14-19-8-4-2-5-9-19/h3,6-7,10-11,18-19,21-31,33-34,37-42H,2,4-5,8-9,12-17H2,1H3,(H,36,45)(H,43,44). The third kappa shape index (κ3) is 10.4. The van der Waals surface area contributed by atoms with E-state index in [4.69, 9.17) is 33.2 Å². The number of ether oxygens (including phenoxy) is 7. The van der Waals surface area contributed by atoms with Gasteiger partial charge in [-0.1, -0.05) is 62.4 Å². The first kappa shape index (κ1) is 40.7. The quantitative estimate of drug-likeness (QED) is 0.120. The molecule has 0 spiro atoms. The van der Waals surface area contributed by atoms with Crippen molar-refractivity contribution < 1.29 is 78.5 Å². The molecule has 5 rings (SSSR count). The molecule has 1 saturated carbocycles. The van der Waals surface area contributed by atoms with Crippen molar-refractivity contribution in [3.63, 3.8) is 0 Å². The van der Waals surface area contributed by atoms with Gasteiger partial charge in [-0.3, -0.25) is 0 Å². The van der Waals surface area contributed by atoms with Crippen LogP contribution in [0.2, 0.25) is 0 Å². The Hall–Kier alpha value is -2.52. The maximum atomic E-state index is 12.6. The van der Waals surface area contributed by atoms with Crippen LogP contribution in [0.4, 0.5) is 4.79 Å². The third-order valence-electron chi connectivity index (χ3n) is 10.2. The molecular formula is C35H53NO16. The van der Waals surface area contributed by atoms with Crippen molar-refractivity contribution in [2.24, 2.45) is 5.92 Å². The van der Waals surface area contributed by atoms with E-state index >= 15 is 0 Å². The molecule has 14 atom stereocenters. The molecule has 4 aliphatic rings. The fourth-order valence-electron chi connectivity index (χ4n) is 7.20. The predicted molar refractivity (Wildman–Crippen MR) is 176 cm³/mol. The Morgan fingerprint density at radius 2 is 1.56 bits per heavy atom. The van der Waals surface area contributed by atoms with E-state index in [0.717, 1.165) is 37.7 Å². The minimum absolute atomic E-state index is 0.00544. The second kappa shape index (κ2) is 19.2. The number of hydrogen-bond acceptors (Lipinski definition) is 15. The Morgan fingerprint density at radius 3 is 2.25 bits per heavy atom. The molecule has 17 heteroatoms. The van der Waals surface area contributed by atoms with Gasteiger partial charge in [0, 0.05) is 13.2 Å². The molecule has 52 heavy (non-hydrogen) atoms. The topological polar surface area (TPSA) is 252 Å². The van der Waals surface area contributed by atoms with E-state index in [1.807, 2.05) is 6.07 Å². The minimum atomic E-state index is -1.73. The van der Waals surface area contributed by atoms with Gasteiger partial charge >= 0.3 is 12.1 Å². The first-order chi connectivity index (χ1) is 25.0. The molecule has 1 aliphatic carbocycles. The fraction of sp³-hybridized carbons (Fsp3) is 0.771. The highest BCUT2D eigenvalue weighted by molar-refractivity contribution is 5.72. The molecule has 1 aromatic carbocycles. The van der Waals surface area contributed by atoms with Crippen LogP contribution in [0.1, 0.15) is 57.4 Å². The van der Waals surface area contributed by atoms with E-state index < -0.39 is 104 Å². The summed E-state index contributed by atoms with van der Waals surface area (Å²) in [5.41, 5.74) is 0.767. The smallest absolute Gasteiger partial charge is 0.407 e. The molecule has 17 nitrogen and oxygen atoms in total. The van der Waals surface area contributed by atoms with E-state index in [9.17, 15) is 45.3 Å². The number of nitrogens with one attached hydrogen (secondary N) is 1. The van der Waals surface area contributed by atoms with Crippen molar-refractivity contribution in [2.75, 3.05) is 19.8 Å². The molecule has 0 aromatic heterocycles. The number of aliphatic hydroxyl groups excluding tert-OH is 6. The molecule has 3 aliphatic heterocycles. The van der Waals surface area contributed by atoms with Crippen LogP contribution in [0.25, 0.3) is 0 Å².